The van der Waals surface area contributed by atoms with Crippen LogP contribution in [0, 0.1) is 12.3 Å². The standard InChI is InChI=1S/C33H38N6O4/c1-5-27(41)26-14-33-15-28(33)39(26)30(43)18-38-32-22(10-8-6-7-9-11-29(42)37(4)19-33)12-23(24-16-34-21(3)35-17-24)13-25(32)31(36-38)20(2)40/h6,8,12-13,16-17,26,28H,5,7,9-11,14-15,18-19H2,1-4H3/b8-6+/t26-,28+,33-/m0/s1. The van der Waals surface area contributed by atoms with Gasteiger partial charge in [-0.15, -0.1) is 0 Å². The molecule has 10 nitrogen and oxygen atoms in total. The van der Waals surface area contributed by atoms with Crippen LogP contribution in [0.1, 0.15) is 74.2 Å². The van der Waals surface area contributed by atoms with Gasteiger partial charge in [0.25, 0.3) is 0 Å². The molecule has 3 atom stereocenters. The Balaban J connectivity index is 1.47. The number of amides is 2. The Morgan fingerprint density at radius 1 is 1.05 bits per heavy atom. The van der Waals surface area contributed by atoms with E-state index in [9.17, 15) is 19.2 Å². The fraction of sp³-hybridized carbons (Fsp3) is 0.485. The number of allylic oxidation sites excluding steroid dienone is 2. The Hall–Kier alpha value is -4.21. The van der Waals surface area contributed by atoms with Gasteiger partial charge < -0.3 is 9.80 Å². The maximum atomic E-state index is 14.1. The van der Waals surface area contributed by atoms with Gasteiger partial charge in [-0.3, -0.25) is 23.9 Å². The molecule has 224 valence electrons. The van der Waals surface area contributed by atoms with Gasteiger partial charge in [-0.05, 0) is 62.3 Å². The van der Waals surface area contributed by atoms with Crippen molar-refractivity contribution in [1.82, 2.24) is 29.5 Å². The van der Waals surface area contributed by atoms with Crippen LogP contribution in [0.15, 0.2) is 36.7 Å². The topological polar surface area (TPSA) is 118 Å². The van der Waals surface area contributed by atoms with Crippen LogP contribution in [-0.2, 0) is 27.3 Å². The van der Waals surface area contributed by atoms with Gasteiger partial charge in [-0.1, -0.05) is 19.1 Å². The number of carbonyl (C=O) groups is 4. The first-order chi connectivity index (χ1) is 20.6. The van der Waals surface area contributed by atoms with Crippen LogP contribution in [0.3, 0.4) is 0 Å². The second-order valence-electron chi connectivity index (χ2n) is 12.4. The molecule has 0 spiro atoms. The van der Waals surface area contributed by atoms with Crippen molar-refractivity contribution in [2.45, 2.75) is 84.3 Å². The summed E-state index contributed by atoms with van der Waals surface area (Å²) in [4.78, 5) is 65.3. The van der Waals surface area contributed by atoms with E-state index in [1.165, 1.54) is 6.92 Å². The van der Waals surface area contributed by atoms with E-state index in [1.54, 1.807) is 26.9 Å². The number of rotatable bonds is 4. The number of carbonyl (C=O) groups excluding carboxylic acids is 4. The van der Waals surface area contributed by atoms with Gasteiger partial charge >= 0.3 is 0 Å². The Morgan fingerprint density at radius 3 is 2.53 bits per heavy atom. The lowest BCUT2D eigenvalue weighted by Crippen LogP contribution is -2.44. The molecule has 4 heterocycles. The number of hydrogen-bond donors (Lipinski definition) is 0. The highest BCUT2D eigenvalue weighted by molar-refractivity contribution is 6.07. The molecule has 2 aromatic heterocycles. The highest BCUT2D eigenvalue weighted by Crippen LogP contribution is 2.60. The number of aryl methyl sites for hydroxylation is 1. The third kappa shape index (κ3) is 5.28. The molecule has 2 fully saturated rings. The number of nitrogens with zero attached hydrogens (tertiary/aromatic N) is 6. The highest BCUT2D eigenvalue weighted by atomic mass is 16.2. The van der Waals surface area contributed by atoms with Gasteiger partial charge in [0, 0.05) is 68.2 Å². The van der Waals surface area contributed by atoms with E-state index in [-0.39, 0.29) is 41.4 Å². The molecule has 3 aromatic rings. The van der Waals surface area contributed by atoms with Gasteiger partial charge in [0.2, 0.25) is 11.8 Å². The van der Waals surface area contributed by atoms with Crippen molar-refractivity contribution in [1.29, 1.82) is 0 Å². The second kappa shape index (κ2) is 11.1. The van der Waals surface area contributed by atoms with E-state index in [1.807, 2.05) is 33.0 Å². The SMILES string of the molecule is CCC(=O)[C@@H]1C[C@@]23C[C@H]2N1C(=O)Cn1nc(C(C)=O)c2cc(-c4cnc(C)nc4)cc(c21)C/C=C/CCCC(=O)N(C)C3. The van der Waals surface area contributed by atoms with Crippen molar-refractivity contribution in [2.75, 3.05) is 13.6 Å². The lowest BCUT2D eigenvalue weighted by molar-refractivity contribution is -0.139. The molecule has 10 heteroatoms. The summed E-state index contributed by atoms with van der Waals surface area (Å²) in [6, 6.07) is 3.37. The Bertz CT molecular complexity index is 1660. The molecule has 3 aliphatic rings. The zero-order valence-corrected chi connectivity index (χ0v) is 25.3. The molecule has 0 unspecified atom stereocenters. The smallest absolute Gasteiger partial charge is 0.245 e. The van der Waals surface area contributed by atoms with E-state index in [0.717, 1.165) is 41.5 Å². The minimum absolute atomic E-state index is 0.0360. The van der Waals surface area contributed by atoms with Crippen molar-refractivity contribution < 1.29 is 19.2 Å². The lowest BCUT2D eigenvalue weighted by Gasteiger charge is -2.26. The van der Waals surface area contributed by atoms with Crippen LogP contribution in [0.4, 0.5) is 0 Å². The predicted octanol–water partition coefficient (Wildman–Crippen LogP) is 4.08. The summed E-state index contributed by atoms with van der Waals surface area (Å²) < 4.78 is 1.65. The largest absolute Gasteiger partial charge is 0.345 e. The molecule has 2 bridgehead atoms. The first kappa shape index (κ1) is 28.9. The fourth-order valence-electron chi connectivity index (χ4n) is 7.03. The summed E-state index contributed by atoms with van der Waals surface area (Å²) in [5, 5.41) is 5.37. The summed E-state index contributed by atoms with van der Waals surface area (Å²) in [6.45, 7) is 5.60. The van der Waals surface area contributed by atoms with Crippen molar-refractivity contribution in [3.8, 4) is 11.1 Å². The van der Waals surface area contributed by atoms with Gasteiger partial charge in [-0.2, -0.15) is 5.10 Å². The van der Waals surface area contributed by atoms with Crippen LogP contribution >= 0.6 is 0 Å². The molecule has 6 rings (SSSR count). The summed E-state index contributed by atoms with van der Waals surface area (Å²) in [5.41, 5.74) is 3.39. The zero-order chi connectivity index (χ0) is 30.5. The predicted molar refractivity (Wildman–Crippen MR) is 161 cm³/mol. The van der Waals surface area contributed by atoms with E-state index < -0.39 is 6.04 Å². The number of aromatic nitrogens is 4. The highest BCUT2D eigenvalue weighted by Gasteiger charge is 2.67. The third-order valence-corrected chi connectivity index (χ3v) is 9.33. The van der Waals surface area contributed by atoms with Crippen molar-refractivity contribution in [3.63, 3.8) is 0 Å². The van der Waals surface area contributed by atoms with Crippen molar-refractivity contribution in [2.24, 2.45) is 5.41 Å². The molecule has 1 saturated heterocycles. The van der Waals surface area contributed by atoms with Crippen molar-refractivity contribution >= 4 is 34.3 Å². The normalized spacial score (nSPS) is 25.0. The van der Waals surface area contributed by atoms with Crippen LogP contribution in [0.25, 0.3) is 22.0 Å². The Morgan fingerprint density at radius 2 is 1.81 bits per heavy atom. The van der Waals surface area contributed by atoms with Crippen LogP contribution in [0.5, 0.6) is 0 Å². The van der Waals surface area contributed by atoms with Gasteiger partial charge in [0.15, 0.2) is 11.6 Å². The van der Waals surface area contributed by atoms with Gasteiger partial charge in [0.1, 0.15) is 18.1 Å². The average molecular weight is 583 g/mol. The zero-order valence-electron chi connectivity index (χ0n) is 25.3. The van der Waals surface area contributed by atoms with Crippen LogP contribution in [-0.4, -0.2) is 78.6 Å². The summed E-state index contributed by atoms with van der Waals surface area (Å²) in [5.74, 6) is 0.415. The molecular formula is C33H38N6O4. The lowest BCUT2D eigenvalue weighted by atomic mass is 9.95. The maximum Gasteiger partial charge on any atom is 0.245 e. The Kier molecular flexibility index (Phi) is 7.48. The average Bonchev–Trinajstić information content (AvgIpc) is 3.38. The fourth-order valence-corrected chi connectivity index (χ4v) is 7.03. The molecular weight excluding hydrogens is 544 g/mol. The number of hydrogen-bond acceptors (Lipinski definition) is 7. The van der Waals surface area contributed by atoms with Gasteiger partial charge in [0.05, 0.1) is 11.6 Å². The van der Waals surface area contributed by atoms with E-state index in [0.29, 0.717) is 49.1 Å². The quantitative estimate of drug-likeness (QED) is 0.336. The number of benzene rings is 1. The molecule has 1 saturated carbocycles. The minimum atomic E-state index is -0.511. The molecule has 1 aliphatic carbocycles. The Labute approximate surface area is 251 Å². The third-order valence-electron chi connectivity index (χ3n) is 9.33. The summed E-state index contributed by atoms with van der Waals surface area (Å²) >= 11 is 0. The number of Topliss-reactive ketones (excluding diaryl/α,β-unsaturated/α-hetero) is 2. The molecule has 2 aliphatic heterocycles. The number of ketones is 2. The number of piperidine rings is 1. The minimum Gasteiger partial charge on any atom is -0.345 e. The molecule has 1 aromatic carbocycles. The van der Waals surface area contributed by atoms with Crippen molar-refractivity contribution in [3.05, 3.63) is 53.8 Å². The van der Waals surface area contributed by atoms with E-state index >= 15 is 0 Å². The first-order valence-electron chi connectivity index (χ1n) is 15.2. The van der Waals surface area contributed by atoms with Crippen LogP contribution < -0.4 is 0 Å². The van der Waals surface area contributed by atoms with Crippen LogP contribution in [0.2, 0.25) is 0 Å². The van der Waals surface area contributed by atoms with E-state index in [2.05, 4.69) is 22.1 Å². The summed E-state index contributed by atoms with van der Waals surface area (Å²) in [6.07, 6.45) is 11.9. The monoisotopic (exact) mass is 582 g/mol. The molecule has 2 amide bonds. The molecule has 0 radical (unpaired) electrons. The maximum absolute atomic E-state index is 14.1. The molecule has 43 heavy (non-hydrogen) atoms. The van der Waals surface area contributed by atoms with Gasteiger partial charge in [-0.25, -0.2) is 9.97 Å². The second-order valence-corrected chi connectivity index (χ2v) is 12.4. The summed E-state index contributed by atoms with van der Waals surface area (Å²) in [7, 11) is 1.83. The first-order valence-corrected chi connectivity index (χ1v) is 15.2. The molecule has 0 N–H and O–H groups in total. The van der Waals surface area contributed by atoms with E-state index in [4.69, 9.17) is 5.10 Å².